The SMILES string of the molecule is CCCCCCCCCCCCCCCCCCOCCOCCOCCOCCOCCOCCOCCOCCOCCOCCOCCOCCOCC(C)CC. The molecule has 0 bridgehead atoms. The Balaban J connectivity index is 3.06. The summed E-state index contributed by atoms with van der Waals surface area (Å²) in [4.78, 5) is 0. The molecule has 0 aliphatic heterocycles. The van der Waals surface area contributed by atoms with Crippen LogP contribution in [0.3, 0.4) is 0 Å². The van der Waals surface area contributed by atoms with Gasteiger partial charge in [-0.25, -0.2) is 0 Å². The van der Waals surface area contributed by atoms with Gasteiger partial charge in [0.2, 0.25) is 0 Å². The van der Waals surface area contributed by atoms with Gasteiger partial charge < -0.3 is 61.6 Å². The van der Waals surface area contributed by atoms with Crippen molar-refractivity contribution in [2.45, 2.75) is 130 Å². The molecule has 0 aromatic rings. The summed E-state index contributed by atoms with van der Waals surface area (Å²) in [6, 6.07) is 0. The Bertz CT molecular complexity index is 739. The van der Waals surface area contributed by atoms with Gasteiger partial charge in [0.25, 0.3) is 0 Å². The Hall–Kier alpha value is -0.520. The molecule has 0 aliphatic rings. The van der Waals surface area contributed by atoms with Gasteiger partial charge in [0.1, 0.15) is 0 Å². The molecule has 1 unspecified atom stereocenters. The first kappa shape index (κ1) is 59.5. The van der Waals surface area contributed by atoms with Gasteiger partial charge in [-0.2, -0.15) is 0 Å². The van der Waals surface area contributed by atoms with Crippen LogP contribution in [0.15, 0.2) is 0 Å². The van der Waals surface area contributed by atoms with Crippen LogP contribution in [0.4, 0.5) is 0 Å². The minimum atomic E-state index is 0.517. The van der Waals surface area contributed by atoms with Crippen molar-refractivity contribution in [2.24, 2.45) is 5.92 Å². The molecule has 0 heterocycles. The Labute approximate surface area is 368 Å². The maximum Gasteiger partial charge on any atom is 0.0701 e. The highest BCUT2D eigenvalue weighted by molar-refractivity contribution is 4.50. The highest BCUT2D eigenvalue weighted by atomic mass is 16.6. The maximum atomic E-state index is 5.70. The largest absolute Gasteiger partial charge is 0.379 e. The molecule has 0 N–H and O–H groups in total. The first-order chi connectivity index (χ1) is 29.8. The number of unbranched alkanes of at least 4 members (excludes halogenated alkanes) is 15. The highest BCUT2D eigenvalue weighted by Gasteiger charge is 2.00. The molecule has 1 atom stereocenters. The summed E-state index contributed by atoms with van der Waals surface area (Å²) in [6.45, 7) is 21.4. The summed E-state index contributed by atoms with van der Waals surface area (Å²) in [5.74, 6) is 0.597. The minimum absolute atomic E-state index is 0.517. The molecule has 0 aliphatic carbocycles. The van der Waals surface area contributed by atoms with Crippen molar-refractivity contribution >= 4 is 0 Å². The Morgan fingerprint density at radius 3 is 0.617 bits per heavy atom. The fraction of sp³-hybridized carbons (Fsp3) is 1.00. The maximum absolute atomic E-state index is 5.70. The topological polar surface area (TPSA) is 120 Å². The molecule has 0 amide bonds. The quantitative estimate of drug-likeness (QED) is 0.0544. The molecule has 0 rings (SSSR count). The summed E-state index contributed by atoms with van der Waals surface area (Å²) in [5.41, 5.74) is 0. The van der Waals surface area contributed by atoms with E-state index < -0.39 is 0 Å². The second-order valence-corrected chi connectivity index (χ2v) is 15.2. The number of hydrogen-bond donors (Lipinski definition) is 0. The van der Waals surface area contributed by atoms with E-state index in [-0.39, 0.29) is 0 Å². The van der Waals surface area contributed by atoms with Gasteiger partial charge in [0.05, 0.1) is 159 Å². The summed E-state index contributed by atoms with van der Waals surface area (Å²) in [7, 11) is 0. The van der Waals surface area contributed by atoms with Gasteiger partial charge in [-0.3, -0.25) is 0 Å². The van der Waals surface area contributed by atoms with Gasteiger partial charge in [0, 0.05) is 13.2 Å². The van der Waals surface area contributed by atoms with Crippen LogP contribution in [0.1, 0.15) is 130 Å². The molecule has 13 heteroatoms. The zero-order chi connectivity index (χ0) is 43.2. The van der Waals surface area contributed by atoms with Crippen molar-refractivity contribution in [3.05, 3.63) is 0 Å². The normalized spacial score (nSPS) is 12.2. The second-order valence-electron chi connectivity index (χ2n) is 15.2. The van der Waals surface area contributed by atoms with Crippen molar-refractivity contribution in [1.82, 2.24) is 0 Å². The summed E-state index contributed by atoms with van der Waals surface area (Å²) >= 11 is 0. The van der Waals surface area contributed by atoms with Crippen LogP contribution in [0.5, 0.6) is 0 Å². The van der Waals surface area contributed by atoms with Crippen LogP contribution in [0.25, 0.3) is 0 Å². The van der Waals surface area contributed by atoms with E-state index in [1.807, 2.05) is 0 Å². The fourth-order valence-corrected chi connectivity index (χ4v) is 5.79. The van der Waals surface area contributed by atoms with Gasteiger partial charge >= 0.3 is 0 Å². The van der Waals surface area contributed by atoms with Crippen LogP contribution < -0.4 is 0 Å². The first-order valence-electron chi connectivity index (χ1n) is 24.3. The molecule has 362 valence electrons. The van der Waals surface area contributed by atoms with Crippen molar-refractivity contribution < 1.29 is 61.6 Å². The van der Waals surface area contributed by atoms with E-state index in [0.29, 0.717) is 164 Å². The Morgan fingerprint density at radius 1 is 0.217 bits per heavy atom. The van der Waals surface area contributed by atoms with E-state index in [4.69, 9.17) is 61.6 Å². The van der Waals surface area contributed by atoms with E-state index in [1.165, 1.54) is 96.3 Å². The zero-order valence-electron chi connectivity index (χ0n) is 39.3. The summed E-state index contributed by atoms with van der Waals surface area (Å²) in [5, 5.41) is 0. The summed E-state index contributed by atoms with van der Waals surface area (Å²) in [6.07, 6.45) is 23.3. The van der Waals surface area contributed by atoms with Gasteiger partial charge in [-0.15, -0.1) is 0 Å². The molecular weight excluding hydrogens is 773 g/mol. The first-order valence-corrected chi connectivity index (χ1v) is 24.3. The summed E-state index contributed by atoms with van der Waals surface area (Å²) < 4.78 is 72.0. The van der Waals surface area contributed by atoms with Gasteiger partial charge in [0.15, 0.2) is 0 Å². The van der Waals surface area contributed by atoms with E-state index >= 15 is 0 Å². The lowest BCUT2D eigenvalue weighted by Crippen LogP contribution is -2.15. The van der Waals surface area contributed by atoms with Gasteiger partial charge in [-0.1, -0.05) is 124 Å². The smallest absolute Gasteiger partial charge is 0.0701 e. The van der Waals surface area contributed by atoms with Crippen LogP contribution in [0.2, 0.25) is 0 Å². The average molecular weight is 869 g/mol. The average Bonchev–Trinajstić information content (AvgIpc) is 3.26. The van der Waals surface area contributed by atoms with Crippen LogP contribution in [-0.2, 0) is 61.6 Å². The number of hydrogen-bond acceptors (Lipinski definition) is 13. The van der Waals surface area contributed by atoms with Gasteiger partial charge in [-0.05, 0) is 12.3 Å². The minimum Gasteiger partial charge on any atom is -0.379 e. The van der Waals surface area contributed by atoms with Crippen molar-refractivity contribution in [1.29, 1.82) is 0 Å². The zero-order valence-corrected chi connectivity index (χ0v) is 39.3. The van der Waals surface area contributed by atoms with Crippen molar-refractivity contribution in [3.63, 3.8) is 0 Å². The highest BCUT2D eigenvalue weighted by Crippen LogP contribution is 2.13. The number of ether oxygens (including phenoxy) is 13. The standard InChI is InChI=1S/C47H96O13/c1-4-6-7-8-9-10-11-12-13-14-15-16-17-18-19-20-21-48-22-23-49-24-25-50-26-27-51-28-29-52-30-31-53-32-33-54-34-35-55-36-37-56-38-39-57-40-41-58-42-43-59-44-45-60-46-47(3)5-2/h47H,4-46H2,1-3H3. The van der Waals surface area contributed by atoms with E-state index in [0.717, 1.165) is 26.1 Å². The van der Waals surface area contributed by atoms with Crippen LogP contribution in [-0.4, -0.2) is 172 Å². The van der Waals surface area contributed by atoms with E-state index in [1.54, 1.807) is 0 Å². The van der Waals surface area contributed by atoms with Crippen LogP contribution in [0, 0.1) is 5.92 Å². The molecule has 0 radical (unpaired) electrons. The lowest BCUT2D eigenvalue weighted by Gasteiger charge is -2.10. The third-order valence-corrected chi connectivity index (χ3v) is 9.71. The third kappa shape index (κ3) is 55.5. The molecule has 0 fully saturated rings. The monoisotopic (exact) mass is 869 g/mol. The lowest BCUT2D eigenvalue weighted by molar-refractivity contribution is -0.0292. The Morgan fingerprint density at radius 2 is 0.400 bits per heavy atom. The Kier molecular flexibility index (Phi) is 56.0. The van der Waals surface area contributed by atoms with E-state index in [9.17, 15) is 0 Å². The molecular formula is C47H96O13. The molecule has 0 saturated heterocycles. The second kappa shape index (κ2) is 56.5. The lowest BCUT2D eigenvalue weighted by atomic mass is 10.0. The molecule has 60 heavy (non-hydrogen) atoms. The molecule has 0 aromatic carbocycles. The third-order valence-electron chi connectivity index (χ3n) is 9.71. The molecule has 0 aromatic heterocycles. The number of rotatable bonds is 56. The van der Waals surface area contributed by atoms with E-state index in [2.05, 4.69) is 20.8 Å². The predicted molar refractivity (Wildman–Crippen MR) is 240 cm³/mol. The van der Waals surface area contributed by atoms with Crippen LogP contribution >= 0.6 is 0 Å². The molecule has 0 saturated carbocycles. The fourth-order valence-electron chi connectivity index (χ4n) is 5.79. The van der Waals surface area contributed by atoms with Crippen molar-refractivity contribution in [3.8, 4) is 0 Å². The molecule has 13 nitrogen and oxygen atoms in total. The predicted octanol–water partition coefficient (Wildman–Crippen LogP) is 8.51. The molecule has 0 spiro atoms. The van der Waals surface area contributed by atoms with Crippen molar-refractivity contribution in [2.75, 3.05) is 172 Å².